The standard InChI is InChI=1S/C19H29N3O5/c1-8-12-11-13(20)9-10-14(12)15(21-25)22(16(23)26-18(2,3)4)17(24)27-19(5,6)7/h9-11,25H,8,20H2,1-7H3. The predicted molar refractivity (Wildman–Crippen MR) is 103 cm³/mol. The highest BCUT2D eigenvalue weighted by atomic mass is 16.6. The number of hydrogen-bond donors (Lipinski definition) is 2. The maximum Gasteiger partial charge on any atom is 0.425 e. The van der Waals surface area contributed by atoms with Crippen LogP contribution in [0.1, 0.15) is 59.6 Å². The first-order valence-electron chi connectivity index (χ1n) is 8.66. The molecule has 8 heteroatoms. The molecular weight excluding hydrogens is 350 g/mol. The van der Waals surface area contributed by atoms with Crippen molar-refractivity contribution in [2.75, 3.05) is 5.73 Å². The van der Waals surface area contributed by atoms with Gasteiger partial charge in [0.1, 0.15) is 11.2 Å². The van der Waals surface area contributed by atoms with E-state index in [1.165, 1.54) is 0 Å². The normalized spacial score (nSPS) is 12.5. The van der Waals surface area contributed by atoms with E-state index in [1.54, 1.807) is 59.7 Å². The molecule has 0 saturated heterocycles. The van der Waals surface area contributed by atoms with E-state index in [4.69, 9.17) is 15.2 Å². The summed E-state index contributed by atoms with van der Waals surface area (Å²) in [5.41, 5.74) is 5.64. The summed E-state index contributed by atoms with van der Waals surface area (Å²) in [5.74, 6) is -0.296. The van der Waals surface area contributed by atoms with Crippen molar-refractivity contribution in [3.8, 4) is 0 Å². The second kappa shape index (κ2) is 8.28. The van der Waals surface area contributed by atoms with Gasteiger partial charge in [0, 0.05) is 11.3 Å². The zero-order valence-corrected chi connectivity index (χ0v) is 17.0. The van der Waals surface area contributed by atoms with Crippen LogP contribution < -0.4 is 5.73 Å². The molecule has 1 aromatic rings. The van der Waals surface area contributed by atoms with E-state index >= 15 is 0 Å². The summed E-state index contributed by atoms with van der Waals surface area (Å²) < 4.78 is 10.6. The minimum atomic E-state index is -1.01. The minimum absolute atomic E-state index is 0.296. The molecule has 3 N–H and O–H groups in total. The Bertz CT molecular complexity index is 702. The molecule has 0 unspecified atom stereocenters. The highest BCUT2D eigenvalue weighted by Crippen LogP contribution is 2.21. The van der Waals surface area contributed by atoms with E-state index in [1.807, 2.05) is 6.92 Å². The Morgan fingerprint density at radius 2 is 1.56 bits per heavy atom. The summed E-state index contributed by atoms with van der Waals surface area (Å²) in [6.45, 7) is 11.8. The number of anilines is 1. The summed E-state index contributed by atoms with van der Waals surface area (Å²) in [5, 5.41) is 12.8. The lowest BCUT2D eigenvalue weighted by Crippen LogP contribution is -2.47. The largest absolute Gasteiger partial charge is 0.443 e. The fourth-order valence-corrected chi connectivity index (χ4v) is 2.21. The van der Waals surface area contributed by atoms with Crippen molar-refractivity contribution in [2.24, 2.45) is 5.16 Å². The van der Waals surface area contributed by atoms with Gasteiger partial charge in [-0.1, -0.05) is 12.1 Å². The SMILES string of the molecule is CCc1cc(N)ccc1C(=NO)N(C(=O)OC(C)(C)C)C(=O)OC(C)(C)C. The van der Waals surface area contributed by atoms with Gasteiger partial charge in [-0.25, -0.2) is 9.59 Å². The number of rotatable bonds is 2. The van der Waals surface area contributed by atoms with Crippen molar-refractivity contribution >= 4 is 23.7 Å². The van der Waals surface area contributed by atoms with E-state index in [9.17, 15) is 14.8 Å². The van der Waals surface area contributed by atoms with Crippen LogP contribution in [0.2, 0.25) is 0 Å². The summed E-state index contributed by atoms with van der Waals surface area (Å²) in [6.07, 6.45) is -1.48. The molecule has 0 spiro atoms. The molecule has 0 aliphatic rings. The number of nitrogen functional groups attached to an aromatic ring is 1. The van der Waals surface area contributed by atoms with Crippen LogP contribution in [0.25, 0.3) is 0 Å². The molecule has 0 saturated carbocycles. The number of nitrogens with zero attached hydrogens (tertiary/aromatic N) is 2. The second-order valence-corrected chi connectivity index (χ2v) is 7.99. The molecule has 2 amide bonds. The summed E-state index contributed by atoms with van der Waals surface area (Å²) >= 11 is 0. The van der Waals surface area contributed by atoms with Gasteiger partial charge in [0.05, 0.1) is 0 Å². The maximum absolute atomic E-state index is 12.7. The zero-order chi connectivity index (χ0) is 21.0. The highest BCUT2D eigenvalue weighted by molar-refractivity contribution is 6.16. The number of aryl methyl sites for hydroxylation is 1. The topological polar surface area (TPSA) is 114 Å². The third-order valence-electron chi connectivity index (χ3n) is 3.21. The molecule has 150 valence electrons. The van der Waals surface area contributed by atoms with Crippen molar-refractivity contribution in [1.82, 2.24) is 4.90 Å². The smallest absolute Gasteiger partial charge is 0.425 e. The number of amides is 2. The first-order valence-corrected chi connectivity index (χ1v) is 8.66. The zero-order valence-electron chi connectivity index (χ0n) is 17.0. The molecule has 27 heavy (non-hydrogen) atoms. The fraction of sp³-hybridized carbons (Fsp3) is 0.526. The minimum Gasteiger partial charge on any atom is -0.443 e. The Morgan fingerprint density at radius 3 is 1.93 bits per heavy atom. The van der Waals surface area contributed by atoms with Gasteiger partial charge in [-0.2, -0.15) is 4.90 Å². The lowest BCUT2D eigenvalue weighted by molar-refractivity contribution is 0.0142. The Labute approximate surface area is 159 Å². The van der Waals surface area contributed by atoms with Crippen LogP contribution in [0.3, 0.4) is 0 Å². The van der Waals surface area contributed by atoms with Crippen LogP contribution in [-0.4, -0.2) is 39.3 Å². The van der Waals surface area contributed by atoms with Crippen LogP contribution >= 0.6 is 0 Å². The number of carbonyl (C=O) groups is 2. The van der Waals surface area contributed by atoms with Gasteiger partial charge in [0.15, 0.2) is 5.84 Å². The maximum atomic E-state index is 12.7. The molecule has 1 aromatic carbocycles. The number of benzene rings is 1. The van der Waals surface area contributed by atoms with Crippen molar-refractivity contribution in [3.05, 3.63) is 29.3 Å². The predicted octanol–water partition coefficient (Wildman–Crippen LogP) is 4.14. The van der Waals surface area contributed by atoms with E-state index in [0.29, 0.717) is 28.1 Å². The van der Waals surface area contributed by atoms with Gasteiger partial charge in [0.2, 0.25) is 0 Å². The van der Waals surface area contributed by atoms with E-state index in [2.05, 4.69) is 5.16 Å². The number of ether oxygens (including phenoxy) is 2. The highest BCUT2D eigenvalue weighted by Gasteiger charge is 2.36. The summed E-state index contributed by atoms with van der Waals surface area (Å²) in [7, 11) is 0. The first-order chi connectivity index (χ1) is 12.3. The van der Waals surface area contributed by atoms with Gasteiger partial charge in [-0.05, 0) is 71.7 Å². The average Bonchev–Trinajstić information content (AvgIpc) is 2.48. The van der Waals surface area contributed by atoms with Crippen molar-refractivity contribution in [2.45, 2.75) is 66.1 Å². The molecule has 0 aliphatic carbocycles. The van der Waals surface area contributed by atoms with Gasteiger partial charge in [-0.3, -0.25) is 0 Å². The Balaban J connectivity index is 3.47. The van der Waals surface area contributed by atoms with E-state index < -0.39 is 23.4 Å². The monoisotopic (exact) mass is 379 g/mol. The van der Waals surface area contributed by atoms with Gasteiger partial charge < -0.3 is 20.4 Å². The number of carbonyl (C=O) groups excluding carboxylic acids is 2. The Hall–Kier alpha value is -2.77. The average molecular weight is 379 g/mol. The number of nitrogens with two attached hydrogens (primary N) is 1. The third-order valence-corrected chi connectivity index (χ3v) is 3.21. The van der Waals surface area contributed by atoms with Gasteiger partial charge >= 0.3 is 12.2 Å². The van der Waals surface area contributed by atoms with Crippen molar-refractivity contribution < 1.29 is 24.3 Å². The van der Waals surface area contributed by atoms with Crippen molar-refractivity contribution in [3.63, 3.8) is 0 Å². The van der Waals surface area contributed by atoms with Crippen LogP contribution in [0.5, 0.6) is 0 Å². The molecule has 1 rings (SSSR count). The van der Waals surface area contributed by atoms with Crippen LogP contribution in [0, 0.1) is 0 Å². The summed E-state index contributed by atoms with van der Waals surface area (Å²) in [4.78, 5) is 26.0. The molecular formula is C19H29N3O5. The quantitative estimate of drug-likeness (QED) is 0.262. The van der Waals surface area contributed by atoms with Crippen LogP contribution in [0.4, 0.5) is 15.3 Å². The molecule has 0 aromatic heterocycles. The molecule has 0 atom stereocenters. The van der Waals surface area contributed by atoms with E-state index in [0.717, 1.165) is 0 Å². The second-order valence-electron chi connectivity index (χ2n) is 7.99. The van der Waals surface area contributed by atoms with Gasteiger partial charge in [-0.15, -0.1) is 0 Å². The Kier molecular flexibility index (Phi) is 6.83. The molecule has 0 aliphatic heterocycles. The number of amidine groups is 1. The molecule has 0 radical (unpaired) electrons. The van der Waals surface area contributed by atoms with Crippen LogP contribution in [-0.2, 0) is 15.9 Å². The van der Waals surface area contributed by atoms with Crippen LogP contribution in [0.15, 0.2) is 23.4 Å². The first kappa shape index (κ1) is 22.3. The number of imide groups is 1. The van der Waals surface area contributed by atoms with E-state index in [-0.39, 0.29) is 5.84 Å². The third kappa shape index (κ3) is 6.47. The molecule has 0 fully saturated rings. The molecule has 0 bridgehead atoms. The number of hydrogen-bond acceptors (Lipinski definition) is 7. The molecule has 8 nitrogen and oxygen atoms in total. The summed E-state index contributed by atoms with van der Waals surface area (Å²) in [6, 6.07) is 4.84. The number of oxime groups is 1. The fourth-order valence-electron chi connectivity index (χ4n) is 2.21. The lowest BCUT2D eigenvalue weighted by Gasteiger charge is -2.29. The van der Waals surface area contributed by atoms with Crippen molar-refractivity contribution in [1.29, 1.82) is 0 Å². The lowest BCUT2D eigenvalue weighted by atomic mass is 10.0. The van der Waals surface area contributed by atoms with Gasteiger partial charge in [0.25, 0.3) is 0 Å². The molecule has 0 heterocycles. The Morgan fingerprint density at radius 1 is 1.07 bits per heavy atom.